The Morgan fingerprint density at radius 2 is 2.15 bits per heavy atom. The lowest BCUT2D eigenvalue weighted by Gasteiger charge is -2.15. The van der Waals surface area contributed by atoms with E-state index in [9.17, 15) is 4.79 Å². The van der Waals surface area contributed by atoms with Crippen LogP contribution in [-0.2, 0) is 4.79 Å². The van der Waals surface area contributed by atoms with Gasteiger partial charge in [0.05, 0.1) is 23.1 Å². The van der Waals surface area contributed by atoms with Gasteiger partial charge in [-0.15, -0.1) is 0 Å². The smallest absolute Gasteiger partial charge is 0.223 e. The molecular weight excluding hydrogens is 301 g/mol. The summed E-state index contributed by atoms with van der Waals surface area (Å²) < 4.78 is 5.43. The second-order valence-electron chi connectivity index (χ2n) is 4.36. The Morgan fingerprint density at radius 1 is 1.40 bits per heavy atom. The lowest BCUT2D eigenvalue weighted by Crippen LogP contribution is -2.35. The number of ether oxygens (including phenoxy) is 1. The van der Waals surface area contributed by atoms with E-state index in [1.54, 1.807) is 18.2 Å². The standard InChI is InChI=1S/C14H19Cl2NO3/c1-2-10(5-7-18)17-14(19)6-8-20-11-3-4-12(15)13(16)9-11/h3-4,9-10,18H,2,5-8H2,1H3,(H,17,19). The molecule has 1 aromatic rings. The number of carbonyl (C=O) groups is 1. The van der Waals surface area contributed by atoms with Gasteiger partial charge in [0.1, 0.15) is 5.75 Å². The van der Waals surface area contributed by atoms with Crippen LogP contribution in [0.2, 0.25) is 10.0 Å². The minimum Gasteiger partial charge on any atom is -0.493 e. The summed E-state index contributed by atoms with van der Waals surface area (Å²) in [5, 5.41) is 12.6. The number of hydrogen-bond donors (Lipinski definition) is 2. The number of aliphatic hydroxyl groups is 1. The molecule has 0 heterocycles. The topological polar surface area (TPSA) is 58.6 Å². The van der Waals surface area contributed by atoms with E-state index in [1.165, 1.54) is 0 Å². The maximum absolute atomic E-state index is 11.7. The summed E-state index contributed by atoms with van der Waals surface area (Å²) in [7, 11) is 0. The van der Waals surface area contributed by atoms with Crippen LogP contribution in [0.3, 0.4) is 0 Å². The van der Waals surface area contributed by atoms with Gasteiger partial charge in [0, 0.05) is 18.7 Å². The molecule has 1 aromatic carbocycles. The zero-order chi connectivity index (χ0) is 15.0. The third-order valence-electron chi connectivity index (χ3n) is 2.82. The average molecular weight is 320 g/mol. The van der Waals surface area contributed by atoms with Crippen molar-refractivity contribution in [1.82, 2.24) is 5.32 Å². The molecule has 20 heavy (non-hydrogen) atoms. The Balaban J connectivity index is 2.32. The summed E-state index contributed by atoms with van der Waals surface area (Å²) in [5.41, 5.74) is 0. The molecule has 0 radical (unpaired) electrons. The summed E-state index contributed by atoms with van der Waals surface area (Å²) in [6, 6.07) is 4.97. The molecule has 1 unspecified atom stereocenters. The molecule has 1 atom stereocenters. The van der Waals surface area contributed by atoms with E-state index in [1.807, 2.05) is 6.92 Å². The molecule has 0 saturated heterocycles. The summed E-state index contributed by atoms with van der Waals surface area (Å²) in [6.07, 6.45) is 1.61. The predicted octanol–water partition coefficient (Wildman–Crippen LogP) is 3.04. The molecule has 2 N–H and O–H groups in total. The Hall–Kier alpha value is -0.970. The van der Waals surface area contributed by atoms with Crippen molar-refractivity contribution in [3.8, 4) is 5.75 Å². The molecular formula is C14H19Cl2NO3. The highest BCUT2D eigenvalue weighted by Gasteiger charge is 2.10. The predicted molar refractivity (Wildman–Crippen MR) is 80.5 cm³/mol. The van der Waals surface area contributed by atoms with E-state index < -0.39 is 0 Å². The van der Waals surface area contributed by atoms with Gasteiger partial charge in [-0.1, -0.05) is 30.1 Å². The van der Waals surface area contributed by atoms with Crippen LogP contribution >= 0.6 is 23.2 Å². The molecule has 0 aromatic heterocycles. The van der Waals surface area contributed by atoms with Gasteiger partial charge in [0.2, 0.25) is 5.91 Å². The molecule has 6 heteroatoms. The number of aliphatic hydroxyl groups excluding tert-OH is 1. The first-order chi connectivity index (χ1) is 9.56. The number of benzene rings is 1. The fraction of sp³-hybridized carbons (Fsp3) is 0.500. The number of halogens is 2. The normalized spacial score (nSPS) is 12.0. The van der Waals surface area contributed by atoms with Crippen LogP contribution in [-0.4, -0.2) is 30.3 Å². The molecule has 1 rings (SSSR count). The van der Waals surface area contributed by atoms with Crippen molar-refractivity contribution < 1.29 is 14.6 Å². The quantitative estimate of drug-likeness (QED) is 0.774. The third kappa shape index (κ3) is 5.99. The molecule has 0 spiro atoms. The molecule has 0 fully saturated rings. The van der Waals surface area contributed by atoms with Gasteiger partial charge in [-0.3, -0.25) is 4.79 Å². The molecule has 1 amide bonds. The molecule has 0 aliphatic rings. The van der Waals surface area contributed by atoms with Crippen molar-refractivity contribution in [3.63, 3.8) is 0 Å². The van der Waals surface area contributed by atoms with Crippen LogP contribution in [0.5, 0.6) is 5.75 Å². The van der Waals surface area contributed by atoms with Crippen LogP contribution in [0.25, 0.3) is 0 Å². The largest absolute Gasteiger partial charge is 0.493 e. The minimum absolute atomic E-state index is 0.0116. The number of nitrogens with one attached hydrogen (secondary N) is 1. The fourth-order valence-corrected chi connectivity index (χ4v) is 1.95. The SMILES string of the molecule is CCC(CCO)NC(=O)CCOc1ccc(Cl)c(Cl)c1. The van der Waals surface area contributed by atoms with Crippen molar-refractivity contribution in [1.29, 1.82) is 0 Å². The van der Waals surface area contributed by atoms with Gasteiger partial charge < -0.3 is 15.2 Å². The maximum atomic E-state index is 11.7. The second-order valence-corrected chi connectivity index (χ2v) is 5.17. The summed E-state index contributed by atoms with van der Waals surface area (Å²) in [6.45, 7) is 2.30. The second kappa shape index (κ2) is 9.06. The highest BCUT2D eigenvalue weighted by Crippen LogP contribution is 2.26. The molecule has 0 aliphatic heterocycles. The fourth-order valence-electron chi connectivity index (χ4n) is 1.66. The number of carbonyl (C=O) groups excluding carboxylic acids is 1. The van der Waals surface area contributed by atoms with Gasteiger partial charge in [-0.05, 0) is 25.0 Å². The first kappa shape index (κ1) is 17.1. The van der Waals surface area contributed by atoms with Crippen LogP contribution in [0.15, 0.2) is 18.2 Å². The summed E-state index contributed by atoms with van der Waals surface area (Å²) in [4.78, 5) is 11.7. The zero-order valence-electron chi connectivity index (χ0n) is 11.4. The highest BCUT2D eigenvalue weighted by atomic mass is 35.5. The Labute approximate surface area is 129 Å². The van der Waals surface area contributed by atoms with Crippen molar-refractivity contribution in [2.75, 3.05) is 13.2 Å². The molecule has 4 nitrogen and oxygen atoms in total. The van der Waals surface area contributed by atoms with Crippen molar-refractivity contribution in [3.05, 3.63) is 28.2 Å². The third-order valence-corrected chi connectivity index (χ3v) is 3.56. The minimum atomic E-state index is -0.0923. The number of rotatable bonds is 8. The first-order valence-electron chi connectivity index (χ1n) is 6.54. The van der Waals surface area contributed by atoms with E-state index in [4.69, 9.17) is 33.0 Å². The van der Waals surface area contributed by atoms with Crippen molar-refractivity contribution in [2.24, 2.45) is 0 Å². The summed E-state index contributed by atoms with van der Waals surface area (Å²) >= 11 is 11.7. The van der Waals surface area contributed by atoms with E-state index in [0.29, 0.717) is 22.2 Å². The van der Waals surface area contributed by atoms with Crippen LogP contribution in [0, 0.1) is 0 Å². The zero-order valence-corrected chi connectivity index (χ0v) is 12.9. The summed E-state index contributed by atoms with van der Waals surface area (Å²) in [5.74, 6) is 0.486. The number of amides is 1. The number of hydrogen-bond acceptors (Lipinski definition) is 3. The Morgan fingerprint density at radius 3 is 2.75 bits per heavy atom. The lowest BCUT2D eigenvalue weighted by atomic mass is 10.1. The highest BCUT2D eigenvalue weighted by molar-refractivity contribution is 6.42. The molecule has 0 bridgehead atoms. The van der Waals surface area contributed by atoms with Crippen molar-refractivity contribution in [2.45, 2.75) is 32.2 Å². The van der Waals surface area contributed by atoms with Crippen LogP contribution in [0.4, 0.5) is 0 Å². The van der Waals surface area contributed by atoms with Crippen LogP contribution < -0.4 is 10.1 Å². The van der Waals surface area contributed by atoms with E-state index in [2.05, 4.69) is 5.32 Å². The van der Waals surface area contributed by atoms with Gasteiger partial charge in [-0.25, -0.2) is 0 Å². The van der Waals surface area contributed by atoms with Gasteiger partial charge in [0.15, 0.2) is 0 Å². The van der Waals surface area contributed by atoms with E-state index >= 15 is 0 Å². The molecule has 112 valence electrons. The maximum Gasteiger partial charge on any atom is 0.223 e. The Bertz CT molecular complexity index is 440. The van der Waals surface area contributed by atoms with Gasteiger partial charge in [0.25, 0.3) is 0 Å². The van der Waals surface area contributed by atoms with E-state index in [0.717, 1.165) is 6.42 Å². The Kier molecular flexibility index (Phi) is 7.73. The molecule has 0 aliphatic carbocycles. The lowest BCUT2D eigenvalue weighted by molar-refractivity contribution is -0.122. The average Bonchev–Trinajstić information content (AvgIpc) is 2.42. The van der Waals surface area contributed by atoms with Crippen molar-refractivity contribution >= 4 is 29.1 Å². The monoisotopic (exact) mass is 319 g/mol. The van der Waals surface area contributed by atoms with Gasteiger partial charge in [-0.2, -0.15) is 0 Å². The van der Waals surface area contributed by atoms with Crippen LogP contribution in [0.1, 0.15) is 26.2 Å². The van der Waals surface area contributed by atoms with Gasteiger partial charge >= 0.3 is 0 Å². The first-order valence-corrected chi connectivity index (χ1v) is 7.30. The van der Waals surface area contributed by atoms with E-state index in [-0.39, 0.29) is 31.6 Å². The molecule has 0 saturated carbocycles.